The normalized spacial score (nSPS) is 11.3. The van der Waals surface area contributed by atoms with Crippen LogP contribution in [-0.2, 0) is 21.0 Å². The predicted octanol–water partition coefficient (Wildman–Crippen LogP) is 7.13. The number of rotatable bonds is 6. The van der Waals surface area contributed by atoms with E-state index in [1.54, 1.807) is 0 Å². The summed E-state index contributed by atoms with van der Waals surface area (Å²) in [5.41, 5.74) is 2.36. The topological polar surface area (TPSA) is 18.5 Å². The molecule has 2 nitrogen and oxygen atoms in total. The quantitative estimate of drug-likeness (QED) is 0.337. The van der Waals surface area contributed by atoms with E-state index in [9.17, 15) is 0 Å². The van der Waals surface area contributed by atoms with E-state index in [1.165, 1.54) is 5.56 Å². The molecule has 0 radical (unpaired) electrons. The van der Waals surface area contributed by atoms with E-state index in [0.29, 0.717) is 0 Å². The van der Waals surface area contributed by atoms with Crippen LogP contribution in [0.4, 0.5) is 0 Å². The van der Waals surface area contributed by atoms with Gasteiger partial charge in [-0.2, -0.15) is 0 Å². The van der Waals surface area contributed by atoms with Crippen LogP contribution in [0.3, 0.4) is 0 Å². The number of benzene rings is 3. The fourth-order valence-corrected chi connectivity index (χ4v) is 2.57. The molecular weight excluding hydrogens is 344 g/mol. The minimum Gasteiger partial charge on any atom is -0.225 e. The average Bonchev–Trinajstić information content (AvgIpc) is 2.75. The van der Waals surface area contributed by atoms with Gasteiger partial charge in [-0.25, -0.2) is 9.78 Å². The molecular formula is C26H30O2. The molecule has 3 aromatic carbocycles. The van der Waals surface area contributed by atoms with Crippen LogP contribution in [0, 0.1) is 0 Å². The van der Waals surface area contributed by atoms with Crippen molar-refractivity contribution in [2.24, 2.45) is 0 Å². The van der Waals surface area contributed by atoms with Crippen LogP contribution in [0.25, 0.3) is 6.08 Å². The zero-order valence-electron chi connectivity index (χ0n) is 17.3. The zero-order chi connectivity index (χ0) is 20.5. The molecule has 146 valence electrons. The van der Waals surface area contributed by atoms with E-state index >= 15 is 0 Å². The minimum absolute atomic E-state index is 0.493. The summed E-state index contributed by atoms with van der Waals surface area (Å²) in [6.07, 6.45) is 1.83. The van der Waals surface area contributed by atoms with Gasteiger partial charge in [-0.1, -0.05) is 104 Å². The summed E-state index contributed by atoms with van der Waals surface area (Å²) >= 11 is 0. The third kappa shape index (κ3) is 6.49. The van der Waals surface area contributed by atoms with Crippen molar-refractivity contribution in [2.45, 2.75) is 38.9 Å². The first-order chi connectivity index (χ1) is 13.3. The Morgan fingerprint density at radius 2 is 0.893 bits per heavy atom. The smallest absolute Gasteiger partial charge is 0.123 e. The van der Waals surface area contributed by atoms with E-state index in [-0.39, 0.29) is 0 Å². The van der Waals surface area contributed by atoms with Gasteiger partial charge in [0.15, 0.2) is 0 Å². The van der Waals surface area contributed by atoms with E-state index < -0.39 is 11.2 Å². The molecule has 0 saturated carbocycles. The van der Waals surface area contributed by atoms with Crippen LogP contribution in [0.1, 0.15) is 44.4 Å². The maximum Gasteiger partial charge on any atom is 0.123 e. The second-order valence-electron chi connectivity index (χ2n) is 7.53. The summed E-state index contributed by atoms with van der Waals surface area (Å²) in [7, 11) is 0. The third-order valence-electron chi connectivity index (χ3n) is 4.43. The highest BCUT2D eigenvalue weighted by Gasteiger charge is 2.29. The zero-order valence-corrected chi connectivity index (χ0v) is 17.3. The summed E-state index contributed by atoms with van der Waals surface area (Å²) < 4.78 is 0. The summed E-state index contributed by atoms with van der Waals surface area (Å²) in [6, 6.07) is 30.2. The van der Waals surface area contributed by atoms with Crippen LogP contribution < -0.4 is 0 Å². The molecule has 0 aliphatic carbocycles. The van der Waals surface area contributed by atoms with E-state index in [2.05, 4.69) is 6.58 Å². The van der Waals surface area contributed by atoms with E-state index in [0.717, 1.165) is 11.1 Å². The Balaban J connectivity index is 0.000000292. The van der Waals surface area contributed by atoms with Gasteiger partial charge in [-0.05, 0) is 44.4 Å². The Hall–Kier alpha value is -2.68. The highest BCUT2D eigenvalue weighted by molar-refractivity contribution is 5.45. The SMILES string of the molecule is C=Cc1ccccc1.CC(C)(OOC(C)(C)c1ccccc1)c1ccccc1. The molecule has 0 heterocycles. The van der Waals surface area contributed by atoms with Gasteiger partial charge in [-0.3, -0.25) is 0 Å². The standard InChI is InChI=1S/C18H22O2.C8H8/c1-17(2,15-11-7-5-8-12-15)19-20-18(3,4)16-13-9-6-10-14-16;1-2-8-6-4-3-5-7-8/h5-14H,1-4H3;2-7H,1H2. The van der Waals surface area contributed by atoms with Crippen molar-refractivity contribution in [1.29, 1.82) is 0 Å². The van der Waals surface area contributed by atoms with Gasteiger partial charge >= 0.3 is 0 Å². The molecule has 0 aliphatic heterocycles. The highest BCUT2D eigenvalue weighted by atomic mass is 17.2. The third-order valence-corrected chi connectivity index (χ3v) is 4.43. The van der Waals surface area contributed by atoms with Crippen molar-refractivity contribution >= 4 is 6.08 Å². The van der Waals surface area contributed by atoms with Crippen molar-refractivity contribution in [3.8, 4) is 0 Å². The van der Waals surface area contributed by atoms with Crippen LogP contribution in [0.15, 0.2) is 97.6 Å². The molecule has 0 bridgehead atoms. The second kappa shape index (κ2) is 10.0. The van der Waals surface area contributed by atoms with Gasteiger partial charge in [0.2, 0.25) is 0 Å². The lowest BCUT2D eigenvalue weighted by Crippen LogP contribution is -2.29. The van der Waals surface area contributed by atoms with Gasteiger partial charge in [0.1, 0.15) is 11.2 Å². The van der Waals surface area contributed by atoms with Crippen LogP contribution in [0.2, 0.25) is 0 Å². The Bertz CT molecular complexity index is 771. The Morgan fingerprint density at radius 1 is 0.571 bits per heavy atom. The Morgan fingerprint density at radius 3 is 1.18 bits per heavy atom. The minimum atomic E-state index is -0.493. The van der Waals surface area contributed by atoms with Gasteiger partial charge in [-0.15, -0.1) is 0 Å². The maximum absolute atomic E-state index is 5.73. The lowest BCUT2D eigenvalue weighted by Gasteiger charge is -2.31. The van der Waals surface area contributed by atoms with Gasteiger partial charge in [0.05, 0.1) is 0 Å². The molecule has 0 aliphatic rings. The van der Waals surface area contributed by atoms with Crippen LogP contribution >= 0.6 is 0 Å². The van der Waals surface area contributed by atoms with E-state index in [4.69, 9.17) is 9.78 Å². The highest BCUT2D eigenvalue weighted by Crippen LogP contribution is 2.31. The Kier molecular flexibility index (Phi) is 7.74. The maximum atomic E-state index is 5.73. The molecule has 2 heteroatoms. The summed E-state index contributed by atoms with van der Waals surface area (Å²) in [5, 5.41) is 0. The summed E-state index contributed by atoms with van der Waals surface area (Å²) in [4.78, 5) is 11.5. The molecule has 0 N–H and O–H groups in total. The van der Waals surface area contributed by atoms with Crippen molar-refractivity contribution < 1.29 is 9.78 Å². The second-order valence-corrected chi connectivity index (χ2v) is 7.53. The molecule has 0 spiro atoms. The van der Waals surface area contributed by atoms with Crippen molar-refractivity contribution in [2.75, 3.05) is 0 Å². The summed E-state index contributed by atoms with van der Waals surface area (Å²) in [6.45, 7) is 11.6. The molecule has 0 amide bonds. The van der Waals surface area contributed by atoms with Crippen molar-refractivity contribution in [3.05, 3.63) is 114 Å². The fourth-order valence-electron chi connectivity index (χ4n) is 2.57. The lowest BCUT2D eigenvalue weighted by atomic mass is 9.98. The average molecular weight is 375 g/mol. The van der Waals surface area contributed by atoms with Crippen LogP contribution in [-0.4, -0.2) is 0 Å². The summed E-state index contributed by atoms with van der Waals surface area (Å²) in [5.74, 6) is 0. The largest absolute Gasteiger partial charge is 0.225 e. The van der Waals surface area contributed by atoms with Gasteiger partial charge in [0.25, 0.3) is 0 Å². The van der Waals surface area contributed by atoms with Gasteiger partial charge in [0, 0.05) is 0 Å². The molecule has 0 aromatic heterocycles. The fraction of sp³-hybridized carbons (Fsp3) is 0.231. The molecule has 3 aromatic rings. The van der Waals surface area contributed by atoms with Crippen LogP contribution in [0.5, 0.6) is 0 Å². The van der Waals surface area contributed by atoms with Crippen molar-refractivity contribution in [3.63, 3.8) is 0 Å². The monoisotopic (exact) mass is 374 g/mol. The van der Waals surface area contributed by atoms with Gasteiger partial charge < -0.3 is 0 Å². The van der Waals surface area contributed by atoms with Crippen molar-refractivity contribution in [1.82, 2.24) is 0 Å². The van der Waals surface area contributed by atoms with E-state index in [1.807, 2.05) is 125 Å². The first-order valence-corrected chi connectivity index (χ1v) is 9.50. The molecule has 3 rings (SSSR count). The Labute approximate surface area is 169 Å². The predicted molar refractivity (Wildman–Crippen MR) is 118 cm³/mol. The molecule has 0 atom stereocenters. The molecule has 28 heavy (non-hydrogen) atoms. The first-order valence-electron chi connectivity index (χ1n) is 9.50. The number of hydrogen-bond donors (Lipinski definition) is 0. The lowest BCUT2D eigenvalue weighted by molar-refractivity contribution is -0.410. The molecule has 0 unspecified atom stereocenters. The first kappa shape index (κ1) is 21.6. The molecule has 0 fully saturated rings. The number of hydrogen-bond acceptors (Lipinski definition) is 2. The molecule has 0 saturated heterocycles.